The highest BCUT2D eigenvalue weighted by Gasteiger charge is 1.85. The highest BCUT2D eigenvalue weighted by Crippen LogP contribution is 1.89. The summed E-state index contributed by atoms with van der Waals surface area (Å²) in [6, 6.07) is 0. The summed E-state index contributed by atoms with van der Waals surface area (Å²) in [6.45, 7) is 5.64. The van der Waals surface area contributed by atoms with E-state index >= 15 is 0 Å². The molecule has 0 saturated carbocycles. The lowest BCUT2D eigenvalue weighted by atomic mass is 10.2. The Morgan fingerprint density at radius 1 is 1.33 bits per heavy atom. The molecule has 0 saturated heterocycles. The van der Waals surface area contributed by atoms with Gasteiger partial charge < -0.3 is 0 Å². The van der Waals surface area contributed by atoms with Crippen LogP contribution in [0.15, 0.2) is 23.8 Å². The van der Waals surface area contributed by atoms with Crippen LogP contribution in [0.5, 0.6) is 0 Å². The molecule has 0 aliphatic rings. The van der Waals surface area contributed by atoms with Gasteiger partial charge in [0.05, 0.1) is 0 Å². The zero-order valence-electron chi connectivity index (χ0n) is 6.14. The van der Waals surface area contributed by atoms with E-state index < -0.39 is 0 Å². The monoisotopic (exact) mass is 124 g/mol. The maximum absolute atomic E-state index is 10.7. The SMILES string of the molecule is C/C=C/C(=O)C=C(C)C. The molecule has 0 aromatic carbocycles. The van der Waals surface area contributed by atoms with E-state index in [0.29, 0.717) is 0 Å². The number of hydrogen-bond donors (Lipinski definition) is 0. The minimum atomic E-state index is 0.0671. The summed E-state index contributed by atoms with van der Waals surface area (Å²) in [5, 5.41) is 0. The summed E-state index contributed by atoms with van der Waals surface area (Å²) in [7, 11) is 0. The Hall–Kier alpha value is -0.850. The van der Waals surface area contributed by atoms with Crippen LogP contribution >= 0.6 is 0 Å². The van der Waals surface area contributed by atoms with Crippen molar-refractivity contribution in [3.05, 3.63) is 23.8 Å². The van der Waals surface area contributed by atoms with Gasteiger partial charge in [0, 0.05) is 0 Å². The molecule has 0 aromatic rings. The van der Waals surface area contributed by atoms with Gasteiger partial charge in [0.2, 0.25) is 0 Å². The lowest BCUT2D eigenvalue weighted by Crippen LogP contribution is -1.84. The van der Waals surface area contributed by atoms with Crippen LogP contribution < -0.4 is 0 Å². The third kappa shape index (κ3) is 5.01. The maximum Gasteiger partial charge on any atom is 0.178 e. The van der Waals surface area contributed by atoms with Crippen molar-refractivity contribution in [2.24, 2.45) is 0 Å². The minimum Gasteiger partial charge on any atom is -0.290 e. The van der Waals surface area contributed by atoms with Gasteiger partial charge in [-0.2, -0.15) is 0 Å². The largest absolute Gasteiger partial charge is 0.290 e. The van der Waals surface area contributed by atoms with E-state index in [1.54, 1.807) is 18.2 Å². The van der Waals surface area contributed by atoms with E-state index in [1.807, 2.05) is 20.8 Å². The molecule has 0 heterocycles. The molecule has 1 nitrogen and oxygen atoms in total. The van der Waals surface area contributed by atoms with E-state index in [2.05, 4.69) is 0 Å². The molecule has 9 heavy (non-hydrogen) atoms. The molecule has 0 radical (unpaired) electrons. The first-order valence-electron chi connectivity index (χ1n) is 2.98. The van der Waals surface area contributed by atoms with Crippen molar-refractivity contribution in [2.75, 3.05) is 0 Å². The van der Waals surface area contributed by atoms with Crippen molar-refractivity contribution in [3.63, 3.8) is 0 Å². The molecular weight excluding hydrogens is 112 g/mol. The Morgan fingerprint density at radius 3 is 2.22 bits per heavy atom. The summed E-state index contributed by atoms with van der Waals surface area (Å²) in [4.78, 5) is 10.7. The Kier molecular flexibility index (Phi) is 3.69. The van der Waals surface area contributed by atoms with Crippen LogP contribution in [0.1, 0.15) is 20.8 Å². The van der Waals surface area contributed by atoms with Gasteiger partial charge in [0.1, 0.15) is 0 Å². The van der Waals surface area contributed by atoms with E-state index in [-0.39, 0.29) is 5.78 Å². The second-order valence-corrected chi connectivity index (χ2v) is 2.12. The van der Waals surface area contributed by atoms with Crippen molar-refractivity contribution in [1.29, 1.82) is 0 Å². The molecule has 0 spiro atoms. The Balaban J connectivity index is 3.93. The van der Waals surface area contributed by atoms with Gasteiger partial charge in [0.25, 0.3) is 0 Å². The quantitative estimate of drug-likeness (QED) is 0.515. The first kappa shape index (κ1) is 8.15. The van der Waals surface area contributed by atoms with Gasteiger partial charge in [-0.1, -0.05) is 11.6 Å². The van der Waals surface area contributed by atoms with Crippen molar-refractivity contribution >= 4 is 5.78 Å². The number of carbonyl (C=O) groups is 1. The fourth-order valence-corrected chi connectivity index (χ4v) is 0.497. The molecule has 0 fully saturated rings. The van der Waals surface area contributed by atoms with Gasteiger partial charge in [0.15, 0.2) is 5.78 Å². The molecule has 0 bridgehead atoms. The number of allylic oxidation sites excluding steroid dienone is 4. The fraction of sp³-hybridized carbons (Fsp3) is 0.375. The summed E-state index contributed by atoms with van der Waals surface area (Å²) >= 11 is 0. The Labute approximate surface area is 56.1 Å². The van der Waals surface area contributed by atoms with Gasteiger partial charge >= 0.3 is 0 Å². The summed E-state index contributed by atoms with van der Waals surface area (Å²) in [5.41, 5.74) is 1.04. The molecule has 50 valence electrons. The number of rotatable bonds is 2. The van der Waals surface area contributed by atoms with E-state index in [0.717, 1.165) is 5.57 Å². The van der Waals surface area contributed by atoms with Gasteiger partial charge in [-0.25, -0.2) is 0 Å². The average Bonchev–Trinajstić information content (AvgIpc) is 1.63. The van der Waals surface area contributed by atoms with E-state index in [4.69, 9.17) is 0 Å². The molecular formula is C8H12O. The molecule has 0 N–H and O–H groups in total. The first-order chi connectivity index (χ1) is 4.16. The zero-order valence-corrected chi connectivity index (χ0v) is 6.14. The summed E-state index contributed by atoms with van der Waals surface area (Å²) in [5.74, 6) is 0.0671. The van der Waals surface area contributed by atoms with Crippen LogP contribution in [0.3, 0.4) is 0 Å². The topological polar surface area (TPSA) is 17.1 Å². The van der Waals surface area contributed by atoms with Crippen molar-refractivity contribution in [3.8, 4) is 0 Å². The minimum absolute atomic E-state index is 0.0671. The van der Waals surface area contributed by atoms with Crippen LogP contribution in [0.25, 0.3) is 0 Å². The lowest BCUT2D eigenvalue weighted by molar-refractivity contribution is -0.110. The molecule has 0 rings (SSSR count). The van der Waals surface area contributed by atoms with Crippen LogP contribution in [0.2, 0.25) is 0 Å². The van der Waals surface area contributed by atoms with Crippen molar-refractivity contribution in [2.45, 2.75) is 20.8 Å². The maximum atomic E-state index is 10.7. The lowest BCUT2D eigenvalue weighted by Gasteiger charge is -1.83. The standard InChI is InChI=1S/C8H12O/c1-4-5-8(9)6-7(2)3/h4-6H,1-3H3/b5-4+. The number of hydrogen-bond acceptors (Lipinski definition) is 1. The zero-order chi connectivity index (χ0) is 7.28. The van der Waals surface area contributed by atoms with Crippen LogP contribution in [-0.2, 0) is 4.79 Å². The third-order valence-corrected chi connectivity index (χ3v) is 0.762. The Morgan fingerprint density at radius 2 is 1.89 bits per heavy atom. The average molecular weight is 124 g/mol. The van der Waals surface area contributed by atoms with Crippen LogP contribution in [0, 0.1) is 0 Å². The molecule has 0 aromatic heterocycles. The van der Waals surface area contributed by atoms with Gasteiger partial charge in [-0.05, 0) is 32.9 Å². The second-order valence-electron chi connectivity index (χ2n) is 2.12. The highest BCUT2D eigenvalue weighted by molar-refractivity contribution is 5.99. The second kappa shape index (κ2) is 4.07. The molecule has 0 aliphatic carbocycles. The number of carbonyl (C=O) groups excluding carboxylic acids is 1. The first-order valence-corrected chi connectivity index (χ1v) is 2.98. The molecule has 0 amide bonds. The molecule has 1 heteroatoms. The molecule has 0 atom stereocenters. The summed E-state index contributed by atoms with van der Waals surface area (Å²) in [6.07, 6.45) is 4.90. The third-order valence-electron chi connectivity index (χ3n) is 0.762. The summed E-state index contributed by atoms with van der Waals surface area (Å²) < 4.78 is 0. The number of ketones is 1. The molecule has 0 aliphatic heterocycles. The van der Waals surface area contributed by atoms with Crippen molar-refractivity contribution in [1.82, 2.24) is 0 Å². The molecule has 0 unspecified atom stereocenters. The normalized spacial score (nSPS) is 9.67. The van der Waals surface area contributed by atoms with Gasteiger partial charge in [-0.3, -0.25) is 4.79 Å². The van der Waals surface area contributed by atoms with Crippen LogP contribution in [0.4, 0.5) is 0 Å². The van der Waals surface area contributed by atoms with Crippen molar-refractivity contribution < 1.29 is 4.79 Å². The van der Waals surface area contributed by atoms with E-state index in [9.17, 15) is 4.79 Å². The predicted octanol–water partition coefficient (Wildman–Crippen LogP) is 2.10. The van der Waals surface area contributed by atoms with Crippen LogP contribution in [-0.4, -0.2) is 5.78 Å². The Bertz CT molecular complexity index is 148. The highest BCUT2D eigenvalue weighted by atomic mass is 16.1. The predicted molar refractivity (Wildman–Crippen MR) is 39.3 cm³/mol. The smallest absolute Gasteiger partial charge is 0.178 e. The fourth-order valence-electron chi connectivity index (χ4n) is 0.497. The van der Waals surface area contributed by atoms with E-state index in [1.165, 1.54) is 0 Å². The van der Waals surface area contributed by atoms with Gasteiger partial charge in [-0.15, -0.1) is 0 Å².